The molecule has 1 aliphatic rings. The summed E-state index contributed by atoms with van der Waals surface area (Å²) in [6, 6.07) is 0. The van der Waals surface area contributed by atoms with Crippen LogP contribution in [-0.4, -0.2) is 0 Å². The van der Waals surface area contributed by atoms with Crippen molar-refractivity contribution >= 4 is 0 Å². The summed E-state index contributed by atoms with van der Waals surface area (Å²) < 4.78 is 0. The van der Waals surface area contributed by atoms with Gasteiger partial charge in [0.25, 0.3) is 0 Å². The van der Waals surface area contributed by atoms with Crippen LogP contribution in [0.2, 0.25) is 0 Å². The lowest BCUT2D eigenvalue weighted by Gasteiger charge is -2.55. The fraction of sp³-hybridized carbons (Fsp3) is 1.00. The maximum atomic E-state index is 2.50. The second kappa shape index (κ2) is 3.40. The zero-order valence-corrected chi connectivity index (χ0v) is 9.35. The number of hydrogen-bond donors (Lipinski definition) is 0. The summed E-state index contributed by atoms with van der Waals surface area (Å²) in [4.78, 5) is 0. The van der Waals surface area contributed by atoms with Crippen LogP contribution in [0.3, 0.4) is 0 Å². The van der Waals surface area contributed by atoms with Crippen LogP contribution >= 0.6 is 0 Å². The van der Waals surface area contributed by atoms with Crippen LogP contribution in [-0.2, 0) is 0 Å². The highest BCUT2D eigenvalue weighted by Crippen LogP contribution is 2.56. The topological polar surface area (TPSA) is 0 Å². The Balaban J connectivity index is 2.58. The quantitative estimate of drug-likeness (QED) is 0.595. The Morgan fingerprint density at radius 1 is 1.42 bits per heavy atom. The Morgan fingerprint density at radius 2 is 2.00 bits per heavy atom. The van der Waals surface area contributed by atoms with Gasteiger partial charge < -0.3 is 0 Å². The second-order valence-electron chi connectivity index (χ2n) is 5.24. The van der Waals surface area contributed by atoms with Gasteiger partial charge in [-0.15, -0.1) is 0 Å². The van der Waals surface area contributed by atoms with Gasteiger partial charge in [-0.3, -0.25) is 0 Å². The van der Waals surface area contributed by atoms with Gasteiger partial charge >= 0.3 is 0 Å². The minimum Gasteiger partial charge on any atom is -0.0654 e. The van der Waals surface area contributed by atoms with Gasteiger partial charge in [0, 0.05) is 0 Å². The molecule has 72 valence electrons. The number of hydrogen-bond acceptors (Lipinski definition) is 0. The highest BCUT2D eigenvalue weighted by atomic mass is 14.5. The van der Waals surface area contributed by atoms with E-state index in [1.165, 1.54) is 19.3 Å². The van der Waals surface area contributed by atoms with Crippen molar-refractivity contribution in [1.29, 1.82) is 0 Å². The van der Waals surface area contributed by atoms with E-state index in [9.17, 15) is 0 Å². The summed E-state index contributed by atoms with van der Waals surface area (Å²) in [5.74, 6) is 2.84. The lowest BCUT2D eigenvalue weighted by atomic mass is 9.50. The van der Waals surface area contributed by atoms with Crippen LogP contribution in [0.25, 0.3) is 0 Å². The summed E-state index contributed by atoms with van der Waals surface area (Å²) in [5.41, 5.74) is 0.670. The van der Waals surface area contributed by atoms with Crippen LogP contribution in [0.4, 0.5) is 0 Å². The third kappa shape index (κ3) is 1.41. The van der Waals surface area contributed by atoms with Crippen molar-refractivity contribution in [3.63, 3.8) is 0 Å². The van der Waals surface area contributed by atoms with Crippen LogP contribution in [0.15, 0.2) is 0 Å². The molecular formula is C12H24. The molecule has 0 aromatic heterocycles. The van der Waals surface area contributed by atoms with Gasteiger partial charge in [0.2, 0.25) is 0 Å². The van der Waals surface area contributed by atoms with Crippen molar-refractivity contribution in [2.24, 2.45) is 23.2 Å². The fourth-order valence-electron chi connectivity index (χ4n) is 3.13. The third-order valence-corrected chi connectivity index (χ3v) is 4.17. The van der Waals surface area contributed by atoms with Crippen molar-refractivity contribution in [2.75, 3.05) is 0 Å². The molecule has 0 nitrogen and oxygen atoms in total. The fourth-order valence-corrected chi connectivity index (χ4v) is 3.13. The highest BCUT2D eigenvalue weighted by Gasteiger charge is 2.48. The van der Waals surface area contributed by atoms with E-state index in [1.54, 1.807) is 0 Å². The molecule has 0 saturated heterocycles. The largest absolute Gasteiger partial charge is 0.0654 e. The summed E-state index contributed by atoms with van der Waals surface area (Å²) in [6.07, 6.45) is 4.25. The molecule has 1 saturated carbocycles. The van der Waals surface area contributed by atoms with Crippen molar-refractivity contribution in [1.82, 2.24) is 0 Å². The van der Waals surface area contributed by atoms with E-state index in [0.29, 0.717) is 5.41 Å². The predicted molar refractivity (Wildman–Crippen MR) is 55.1 cm³/mol. The van der Waals surface area contributed by atoms with Crippen LogP contribution in [0.1, 0.15) is 53.9 Å². The molecule has 0 heteroatoms. The molecule has 0 heterocycles. The first kappa shape index (κ1) is 10.1. The van der Waals surface area contributed by atoms with Crippen LogP contribution in [0, 0.1) is 23.2 Å². The average Bonchev–Trinajstić information content (AvgIpc) is 2.00. The van der Waals surface area contributed by atoms with E-state index in [0.717, 1.165) is 17.8 Å². The lowest BCUT2D eigenvalue weighted by Crippen LogP contribution is -2.47. The Labute approximate surface area is 77.7 Å². The molecule has 3 atom stereocenters. The van der Waals surface area contributed by atoms with Gasteiger partial charge in [0.1, 0.15) is 0 Å². The molecule has 0 aromatic rings. The standard InChI is InChI=1S/C12H24/c1-6-7-12(5)10(4)8-11(12)9(2)3/h9-11H,6-8H2,1-5H3. The zero-order chi connectivity index (χ0) is 9.35. The first-order valence-electron chi connectivity index (χ1n) is 5.52. The average molecular weight is 168 g/mol. The first-order valence-corrected chi connectivity index (χ1v) is 5.52. The van der Waals surface area contributed by atoms with Gasteiger partial charge in [-0.1, -0.05) is 41.0 Å². The molecule has 0 spiro atoms. The second-order valence-corrected chi connectivity index (χ2v) is 5.24. The van der Waals surface area contributed by atoms with Crippen molar-refractivity contribution < 1.29 is 0 Å². The van der Waals surface area contributed by atoms with Crippen molar-refractivity contribution in [3.05, 3.63) is 0 Å². The SMILES string of the molecule is CCCC1(C)C(C)CC1C(C)C. The van der Waals surface area contributed by atoms with Gasteiger partial charge in [-0.05, 0) is 36.0 Å². The molecular weight excluding hydrogens is 144 g/mol. The zero-order valence-electron chi connectivity index (χ0n) is 9.35. The predicted octanol–water partition coefficient (Wildman–Crippen LogP) is 4.10. The van der Waals surface area contributed by atoms with E-state index >= 15 is 0 Å². The monoisotopic (exact) mass is 168 g/mol. The summed E-state index contributed by atoms with van der Waals surface area (Å²) in [7, 11) is 0. The first-order chi connectivity index (χ1) is 5.52. The van der Waals surface area contributed by atoms with Crippen molar-refractivity contribution in [2.45, 2.75) is 53.9 Å². The normalized spacial score (nSPS) is 41.5. The van der Waals surface area contributed by atoms with Gasteiger partial charge in [-0.25, -0.2) is 0 Å². The molecule has 12 heavy (non-hydrogen) atoms. The van der Waals surface area contributed by atoms with Gasteiger partial charge in [-0.2, -0.15) is 0 Å². The molecule has 0 amide bonds. The molecule has 0 radical (unpaired) electrons. The molecule has 0 N–H and O–H groups in total. The maximum Gasteiger partial charge on any atom is -0.0269 e. The molecule has 0 aliphatic heterocycles. The Bertz CT molecular complexity index is 148. The smallest absolute Gasteiger partial charge is 0.0269 e. The van der Waals surface area contributed by atoms with E-state index in [4.69, 9.17) is 0 Å². The van der Waals surface area contributed by atoms with E-state index in [2.05, 4.69) is 34.6 Å². The number of rotatable bonds is 3. The highest BCUT2D eigenvalue weighted by molar-refractivity contribution is 4.98. The molecule has 0 bridgehead atoms. The maximum absolute atomic E-state index is 2.50. The molecule has 3 unspecified atom stereocenters. The van der Waals surface area contributed by atoms with Crippen LogP contribution < -0.4 is 0 Å². The minimum absolute atomic E-state index is 0.670. The van der Waals surface area contributed by atoms with E-state index in [-0.39, 0.29) is 0 Å². The Morgan fingerprint density at radius 3 is 2.33 bits per heavy atom. The Kier molecular flexibility index (Phi) is 2.85. The van der Waals surface area contributed by atoms with Gasteiger partial charge in [0.15, 0.2) is 0 Å². The van der Waals surface area contributed by atoms with E-state index < -0.39 is 0 Å². The lowest BCUT2D eigenvalue weighted by molar-refractivity contribution is -0.0615. The molecule has 0 aromatic carbocycles. The molecule has 1 aliphatic carbocycles. The minimum atomic E-state index is 0.670. The summed E-state index contributed by atoms with van der Waals surface area (Å²) >= 11 is 0. The van der Waals surface area contributed by atoms with E-state index in [1.807, 2.05) is 0 Å². The van der Waals surface area contributed by atoms with Crippen LogP contribution in [0.5, 0.6) is 0 Å². The van der Waals surface area contributed by atoms with Crippen molar-refractivity contribution in [3.8, 4) is 0 Å². The van der Waals surface area contributed by atoms with Gasteiger partial charge in [0.05, 0.1) is 0 Å². The summed E-state index contributed by atoms with van der Waals surface area (Å²) in [5, 5.41) is 0. The molecule has 1 rings (SSSR count). The molecule has 1 fully saturated rings. The summed E-state index contributed by atoms with van der Waals surface area (Å²) in [6.45, 7) is 12.0. The Hall–Kier alpha value is 0. The third-order valence-electron chi connectivity index (χ3n) is 4.17.